The van der Waals surface area contributed by atoms with E-state index in [2.05, 4.69) is 69.8 Å². The molecule has 0 saturated carbocycles. The van der Waals surface area contributed by atoms with E-state index in [1.165, 1.54) is 11.3 Å². The molecule has 0 bridgehead atoms. The van der Waals surface area contributed by atoms with Gasteiger partial charge in [0.05, 0.1) is 23.9 Å². The number of rotatable bonds is 5. The summed E-state index contributed by atoms with van der Waals surface area (Å²) in [5, 5.41) is 4.32. The Hall–Kier alpha value is -2.77. The van der Waals surface area contributed by atoms with Crippen molar-refractivity contribution in [2.75, 3.05) is 13.2 Å². The minimum Gasteiger partial charge on any atom is -0.376 e. The molecule has 0 aliphatic carbocycles. The van der Waals surface area contributed by atoms with E-state index in [9.17, 15) is 0 Å². The summed E-state index contributed by atoms with van der Waals surface area (Å²) in [4.78, 5) is 11.6. The summed E-state index contributed by atoms with van der Waals surface area (Å²) >= 11 is 5.83. The van der Waals surface area contributed by atoms with Gasteiger partial charge in [-0.2, -0.15) is 0 Å². The molecule has 32 heavy (non-hydrogen) atoms. The van der Waals surface area contributed by atoms with Gasteiger partial charge in [-0.1, -0.05) is 12.1 Å². The van der Waals surface area contributed by atoms with E-state index in [0.717, 1.165) is 53.9 Å². The molecule has 0 unspecified atom stereocenters. The topological polar surface area (TPSA) is 55.2 Å². The molecule has 2 fully saturated rings. The number of ether oxygens (including phenoxy) is 1. The van der Waals surface area contributed by atoms with Gasteiger partial charge in [-0.25, -0.2) is 4.98 Å². The molecule has 3 atom stereocenters. The molecule has 1 N–H and O–H groups in total. The van der Waals surface area contributed by atoms with E-state index in [-0.39, 0.29) is 18.2 Å². The summed E-state index contributed by atoms with van der Waals surface area (Å²) in [5.41, 5.74) is 5.72. The van der Waals surface area contributed by atoms with Gasteiger partial charge in [0.1, 0.15) is 5.82 Å². The lowest BCUT2D eigenvalue weighted by atomic mass is 9.96. The van der Waals surface area contributed by atoms with Crippen LogP contribution in [0.2, 0.25) is 0 Å². The normalized spacial score (nSPS) is 23.0. The maximum atomic E-state index is 5.97. The van der Waals surface area contributed by atoms with Gasteiger partial charge in [0.25, 0.3) is 0 Å². The molecule has 2 saturated heterocycles. The maximum absolute atomic E-state index is 5.97. The monoisotopic (exact) mass is 447 g/mol. The van der Waals surface area contributed by atoms with Crippen LogP contribution in [0.1, 0.15) is 53.1 Å². The summed E-state index contributed by atoms with van der Waals surface area (Å²) in [6, 6.07) is 12.5. The molecule has 7 heteroatoms. The average molecular weight is 448 g/mol. The lowest BCUT2D eigenvalue weighted by Gasteiger charge is -2.30. The van der Waals surface area contributed by atoms with Gasteiger partial charge in [0.2, 0.25) is 0 Å². The standard InChI is InChI=1S/C25H29N5OS/c1-16-9-10-22(27-14-16)30-17(2)13-20(18(30)3)24-23(21-8-4-5-11-26-21)28-25(32)29(24)15-19-7-6-12-31-19/h4-5,8-11,13-14,19,23-24H,6-7,12,15H2,1-3H3,(H,28,32)/t19-,23-,24-/m0/s1. The Morgan fingerprint density at radius 1 is 1.16 bits per heavy atom. The fourth-order valence-electron chi connectivity index (χ4n) is 4.98. The molecule has 0 spiro atoms. The van der Waals surface area contributed by atoms with Crippen LogP contribution in [0.4, 0.5) is 0 Å². The highest BCUT2D eigenvalue weighted by atomic mass is 32.1. The largest absolute Gasteiger partial charge is 0.376 e. The molecule has 166 valence electrons. The third-order valence-corrected chi connectivity index (χ3v) is 6.89. The summed E-state index contributed by atoms with van der Waals surface area (Å²) < 4.78 is 8.20. The van der Waals surface area contributed by atoms with Crippen molar-refractivity contribution in [3.8, 4) is 5.82 Å². The summed E-state index contributed by atoms with van der Waals surface area (Å²) in [5.74, 6) is 0.936. The predicted molar refractivity (Wildman–Crippen MR) is 129 cm³/mol. The Bertz CT molecular complexity index is 1110. The van der Waals surface area contributed by atoms with E-state index in [1.807, 2.05) is 24.5 Å². The first-order valence-corrected chi connectivity index (χ1v) is 11.7. The number of nitrogens with one attached hydrogen (secondary N) is 1. The van der Waals surface area contributed by atoms with Crippen LogP contribution in [-0.2, 0) is 4.74 Å². The zero-order chi connectivity index (χ0) is 22.2. The Morgan fingerprint density at radius 2 is 2.03 bits per heavy atom. The van der Waals surface area contributed by atoms with E-state index in [0.29, 0.717) is 0 Å². The minimum atomic E-state index is -0.0231. The van der Waals surface area contributed by atoms with Crippen LogP contribution < -0.4 is 5.32 Å². The predicted octanol–water partition coefficient (Wildman–Crippen LogP) is 4.34. The van der Waals surface area contributed by atoms with Crippen molar-refractivity contribution >= 4 is 17.3 Å². The van der Waals surface area contributed by atoms with Crippen LogP contribution in [0, 0.1) is 20.8 Å². The molecular weight excluding hydrogens is 418 g/mol. The molecule has 5 rings (SSSR count). The number of nitrogens with zero attached hydrogens (tertiary/aromatic N) is 4. The quantitative estimate of drug-likeness (QED) is 0.587. The number of hydrogen-bond donors (Lipinski definition) is 1. The Morgan fingerprint density at radius 3 is 2.72 bits per heavy atom. The van der Waals surface area contributed by atoms with Crippen LogP contribution in [-0.4, -0.2) is 43.8 Å². The zero-order valence-electron chi connectivity index (χ0n) is 18.8. The van der Waals surface area contributed by atoms with Crippen LogP contribution in [0.3, 0.4) is 0 Å². The second-order valence-corrected chi connectivity index (χ2v) is 9.16. The Labute approximate surface area is 194 Å². The number of aromatic nitrogens is 3. The van der Waals surface area contributed by atoms with Crippen LogP contribution >= 0.6 is 12.2 Å². The highest BCUT2D eigenvalue weighted by molar-refractivity contribution is 7.80. The third kappa shape index (κ3) is 3.80. The highest BCUT2D eigenvalue weighted by Crippen LogP contribution is 2.41. The van der Waals surface area contributed by atoms with E-state index in [4.69, 9.17) is 17.0 Å². The fraction of sp³-hybridized carbons (Fsp3) is 0.400. The molecule has 0 amide bonds. The molecule has 0 aromatic carbocycles. The highest BCUT2D eigenvalue weighted by Gasteiger charge is 2.42. The lowest BCUT2D eigenvalue weighted by molar-refractivity contribution is 0.0842. The van der Waals surface area contributed by atoms with Gasteiger partial charge in [-0.05, 0) is 81.2 Å². The van der Waals surface area contributed by atoms with Crippen molar-refractivity contribution < 1.29 is 4.74 Å². The van der Waals surface area contributed by atoms with E-state index < -0.39 is 0 Å². The molecule has 5 heterocycles. The average Bonchev–Trinajstić information content (AvgIpc) is 3.49. The Balaban J connectivity index is 1.58. The summed E-state index contributed by atoms with van der Waals surface area (Å²) in [6.07, 6.45) is 6.16. The van der Waals surface area contributed by atoms with Gasteiger partial charge in [-0.15, -0.1) is 0 Å². The summed E-state index contributed by atoms with van der Waals surface area (Å²) in [7, 11) is 0. The molecular formula is C25H29N5OS. The van der Waals surface area contributed by atoms with Crippen molar-refractivity contribution in [3.63, 3.8) is 0 Å². The molecule has 2 aliphatic heterocycles. The van der Waals surface area contributed by atoms with Gasteiger partial charge < -0.3 is 19.5 Å². The SMILES string of the molecule is Cc1ccc(-n2c(C)cc([C@H]3[C@H](c4ccccn4)NC(=S)N3C[C@@H]3CCCO3)c2C)nc1. The van der Waals surface area contributed by atoms with Crippen LogP contribution in [0.25, 0.3) is 5.82 Å². The number of aryl methyl sites for hydroxylation is 2. The number of pyridine rings is 2. The first-order chi connectivity index (χ1) is 15.5. The lowest BCUT2D eigenvalue weighted by Crippen LogP contribution is -2.36. The second kappa shape index (κ2) is 8.64. The number of thiocarbonyl (C=S) groups is 1. The van der Waals surface area contributed by atoms with Crippen molar-refractivity contribution in [2.45, 2.75) is 51.8 Å². The molecule has 6 nitrogen and oxygen atoms in total. The fourth-order valence-corrected chi connectivity index (χ4v) is 5.30. The number of hydrogen-bond acceptors (Lipinski definition) is 4. The molecule has 3 aromatic heterocycles. The van der Waals surface area contributed by atoms with E-state index in [1.54, 1.807) is 0 Å². The van der Waals surface area contributed by atoms with Gasteiger partial charge in [-0.3, -0.25) is 4.98 Å². The van der Waals surface area contributed by atoms with E-state index >= 15 is 0 Å². The smallest absolute Gasteiger partial charge is 0.170 e. The first-order valence-electron chi connectivity index (χ1n) is 11.2. The van der Waals surface area contributed by atoms with Crippen LogP contribution in [0.5, 0.6) is 0 Å². The zero-order valence-corrected chi connectivity index (χ0v) is 19.6. The second-order valence-electron chi connectivity index (χ2n) is 8.77. The first kappa shape index (κ1) is 21.1. The van der Waals surface area contributed by atoms with Gasteiger partial charge in [0, 0.05) is 36.9 Å². The van der Waals surface area contributed by atoms with Crippen LogP contribution in [0.15, 0.2) is 48.8 Å². The van der Waals surface area contributed by atoms with Crippen molar-refractivity contribution in [1.29, 1.82) is 0 Å². The molecule has 2 aliphatic rings. The summed E-state index contributed by atoms with van der Waals surface area (Å²) in [6.45, 7) is 7.99. The van der Waals surface area contributed by atoms with Crippen molar-refractivity contribution in [1.82, 2.24) is 24.8 Å². The minimum absolute atomic E-state index is 0.0231. The van der Waals surface area contributed by atoms with Crippen molar-refractivity contribution in [3.05, 3.63) is 77.0 Å². The van der Waals surface area contributed by atoms with Gasteiger partial charge >= 0.3 is 0 Å². The molecule has 0 radical (unpaired) electrons. The third-order valence-electron chi connectivity index (χ3n) is 6.54. The maximum Gasteiger partial charge on any atom is 0.170 e. The Kier molecular flexibility index (Phi) is 5.69. The van der Waals surface area contributed by atoms with Gasteiger partial charge in [0.15, 0.2) is 5.11 Å². The molecule has 3 aromatic rings. The van der Waals surface area contributed by atoms with Crippen molar-refractivity contribution in [2.24, 2.45) is 0 Å².